The predicted molar refractivity (Wildman–Crippen MR) is 78.9 cm³/mol. The van der Waals surface area contributed by atoms with Gasteiger partial charge in [0.2, 0.25) is 0 Å². The minimum Gasteiger partial charge on any atom is -0.311 e. The van der Waals surface area contributed by atoms with Crippen LogP contribution in [0.3, 0.4) is 0 Å². The van der Waals surface area contributed by atoms with Crippen molar-refractivity contribution >= 4 is 0 Å². The first-order valence-corrected chi connectivity index (χ1v) is 8.11. The highest BCUT2D eigenvalue weighted by Crippen LogP contribution is 2.31. The lowest BCUT2D eigenvalue weighted by molar-refractivity contribution is 0.187. The first-order chi connectivity index (χ1) is 8.66. The smallest absolute Gasteiger partial charge is 0.0100 e. The van der Waals surface area contributed by atoms with Gasteiger partial charge >= 0.3 is 0 Å². The first kappa shape index (κ1) is 14.3. The molecule has 0 spiro atoms. The number of nitrogens with one attached hydrogen (secondary N) is 1. The Bertz CT molecular complexity index is 239. The third-order valence-corrected chi connectivity index (χ3v) is 5.08. The molecule has 1 aliphatic carbocycles. The van der Waals surface area contributed by atoms with Crippen LogP contribution in [0.1, 0.15) is 58.8 Å². The zero-order chi connectivity index (χ0) is 13.0. The van der Waals surface area contributed by atoms with E-state index in [1.807, 2.05) is 0 Å². The van der Waals surface area contributed by atoms with Crippen molar-refractivity contribution in [1.82, 2.24) is 10.2 Å². The second kappa shape index (κ2) is 6.91. The van der Waals surface area contributed by atoms with E-state index in [1.54, 1.807) is 0 Å². The van der Waals surface area contributed by atoms with Crippen LogP contribution in [0.4, 0.5) is 0 Å². The Morgan fingerprint density at radius 2 is 1.72 bits per heavy atom. The van der Waals surface area contributed by atoms with Gasteiger partial charge in [-0.2, -0.15) is 0 Å². The van der Waals surface area contributed by atoms with Gasteiger partial charge in [0, 0.05) is 12.1 Å². The lowest BCUT2D eigenvalue weighted by Gasteiger charge is -2.37. The summed E-state index contributed by atoms with van der Waals surface area (Å²) < 4.78 is 0. The maximum Gasteiger partial charge on any atom is 0.0100 e. The molecule has 1 heterocycles. The van der Waals surface area contributed by atoms with E-state index in [1.165, 1.54) is 58.0 Å². The highest BCUT2D eigenvalue weighted by Gasteiger charge is 2.29. The zero-order valence-corrected chi connectivity index (χ0v) is 12.6. The topological polar surface area (TPSA) is 15.3 Å². The van der Waals surface area contributed by atoms with Crippen LogP contribution in [0, 0.1) is 11.8 Å². The van der Waals surface area contributed by atoms with Gasteiger partial charge in [-0.05, 0) is 64.1 Å². The monoisotopic (exact) mass is 252 g/mol. The number of hydrogen-bond acceptors (Lipinski definition) is 2. The largest absolute Gasteiger partial charge is 0.311 e. The summed E-state index contributed by atoms with van der Waals surface area (Å²) in [7, 11) is 2.26. The predicted octanol–water partition coefficient (Wildman–Crippen LogP) is 3.28. The summed E-state index contributed by atoms with van der Waals surface area (Å²) in [5, 5.41) is 4.02. The summed E-state index contributed by atoms with van der Waals surface area (Å²) in [4.78, 5) is 2.49. The molecule has 0 bridgehead atoms. The van der Waals surface area contributed by atoms with Crippen molar-refractivity contribution < 1.29 is 0 Å². The van der Waals surface area contributed by atoms with Gasteiger partial charge in [-0.15, -0.1) is 0 Å². The van der Waals surface area contributed by atoms with Gasteiger partial charge in [0.1, 0.15) is 0 Å². The molecule has 106 valence electrons. The summed E-state index contributed by atoms with van der Waals surface area (Å²) in [6.07, 6.45) is 9.84. The quantitative estimate of drug-likeness (QED) is 0.829. The summed E-state index contributed by atoms with van der Waals surface area (Å²) in [5.41, 5.74) is 0. The van der Waals surface area contributed by atoms with E-state index in [-0.39, 0.29) is 0 Å². The standard InChI is InChI=1S/C16H32N2/c1-13(2)15-8-4-5-9-16(15)17-14-7-6-11-18(3)12-10-14/h13-17H,4-12H2,1-3H3. The van der Waals surface area contributed by atoms with E-state index in [2.05, 4.69) is 31.1 Å². The van der Waals surface area contributed by atoms with Crippen molar-refractivity contribution in [2.24, 2.45) is 11.8 Å². The summed E-state index contributed by atoms with van der Waals surface area (Å²) in [6, 6.07) is 1.58. The Morgan fingerprint density at radius 3 is 2.50 bits per heavy atom. The Kier molecular flexibility index (Phi) is 5.50. The van der Waals surface area contributed by atoms with Crippen molar-refractivity contribution in [3.63, 3.8) is 0 Å². The lowest BCUT2D eigenvalue weighted by atomic mass is 9.77. The fourth-order valence-corrected chi connectivity index (χ4v) is 3.87. The van der Waals surface area contributed by atoms with Gasteiger partial charge in [0.15, 0.2) is 0 Å². The second-order valence-electron chi connectivity index (χ2n) is 6.90. The Balaban J connectivity index is 1.86. The molecule has 1 N–H and O–H groups in total. The fourth-order valence-electron chi connectivity index (χ4n) is 3.87. The van der Waals surface area contributed by atoms with E-state index >= 15 is 0 Å². The van der Waals surface area contributed by atoms with Gasteiger partial charge in [-0.1, -0.05) is 26.7 Å². The number of hydrogen-bond donors (Lipinski definition) is 1. The Morgan fingerprint density at radius 1 is 0.944 bits per heavy atom. The number of rotatable bonds is 3. The normalized spacial score (nSPS) is 35.7. The maximum absolute atomic E-state index is 4.02. The number of likely N-dealkylation sites (tertiary alicyclic amines) is 1. The molecule has 2 fully saturated rings. The zero-order valence-electron chi connectivity index (χ0n) is 12.6. The summed E-state index contributed by atoms with van der Waals surface area (Å²) in [5.74, 6) is 1.76. The van der Waals surface area contributed by atoms with E-state index in [9.17, 15) is 0 Å². The van der Waals surface area contributed by atoms with E-state index < -0.39 is 0 Å². The van der Waals surface area contributed by atoms with Crippen LogP contribution in [0.5, 0.6) is 0 Å². The molecule has 0 aromatic carbocycles. The molecule has 2 nitrogen and oxygen atoms in total. The molecule has 2 rings (SSSR count). The fraction of sp³-hybridized carbons (Fsp3) is 1.00. The Labute approximate surface area is 114 Å². The van der Waals surface area contributed by atoms with Crippen molar-refractivity contribution in [1.29, 1.82) is 0 Å². The van der Waals surface area contributed by atoms with Gasteiger partial charge in [-0.25, -0.2) is 0 Å². The maximum atomic E-state index is 4.02. The van der Waals surface area contributed by atoms with Crippen LogP contribution in [-0.2, 0) is 0 Å². The van der Waals surface area contributed by atoms with Crippen LogP contribution in [-0.4, -0.2) is 37.1 Å². The SMILES string of the molecule is CC(C)C1CCCCC1NC1CCCN(C)CC1. The minimum atomic E-state index is 0.777. The van der Waals surface area contributed by atoms with E-state index in [0.29, 0.717) is 0 Å². The van der Waals surface area contributed by atoms with Gasteiger partial charge in [0.25, 0.3) is 0 Å². The van der Waals surface area contributed by atoms with Crippen molar-refractivity contribution in [3.8, 4) is 0 Å². The highest BCUT2D eigenvalue weighted by molar-refractivity contribution is 4.86. The van der Waals surface area contributed by atoms with Crippen molar-refractivity contribution in [3.05, 3.63) is 0 Å². The van der Waals surface area contributed by atoms with Crippen LogP contribution in [0.15, 0.2) is 0 Å². The van der Waals surface area contributed by atoms with Gasteiger partial charge < -0.3 is 10.2 Å². The van der Waals surface area contributed by atoms with Crippen LogP contribution in [0.25, 0.3) is 0 Å². The second-order valence-corrected chi connectivity index (χ2v) is 6.90. The molecule has 2 heteroatoms. The van der Waals surface area contributed by atoms with E-state index in [0.717, 1.165) is 23.9 Å². The van der Waals surface area contributed by atoms with Crippen LogP contribution in [0.2, 0.25) is 0 Å². The van der Waals surface area contributed by atoms with E-state index in [4.69, 9.17) is 0 Å². The van der Waals surface area contributed by atoms with Gasteiger partial charge in [0.05, 0.1) is 0 Å². The molecular formula is C16H32N2. The summed E-state index contributed by atoms with van der Waals surface area (Å²) >= 11 is 0. The minimum absolute atomic E-state index is 0.777. The molecule has 0 aromatic rings. The molecule has 2 aliphatic rings. The number of nitrogens with zero attached hydrogens (tertiary/aromatic N) is 1. The van der Waals surface area contributed by atoms with Crippen molar-refractivity contribution in [2.45, 2.75) is 70.9 Å². The van der Waals surface area contributed by atoms with Crippen molar-refractivity contribution in [2.75, 3.05) is 20.1 Å². The molecule has 1 aliphatic heterocycles. The molecule has 1 saturated heterocycles. The molecule has 3 atom stereocenters. The molecular weight excluding hydrogens is 220 g/mol. The molecule has 18 heavy (non-hydrogen) atoms. The lowest BCUT2D eigenvalue weighted by Crippen LogP contribution is -2.46. The third-order valence-electron chi connectivity index (χ3n) is 5.08. The molecule has 0 radical (unpaired) electrons. The first-order valence-electron chi connectivity index (χ1n) is 8.11. The average molecular weight is 252 g/mol. The Hall–Kier alpha value is -0.0800. The van der Waals surface area contributed by atoms with Crippen LogP contribution < -0.4 is 5.32 Å². The molecule has 1 saturated carbocycles. The van der Waals surface area contributed by atoms with Gasteiger partial charge in [-0.3, -0.25) is 0 Å². The third kappa shape index (κ3) is 3.96. The average Bonchev–Trinajstić information content (AvgIpc) is 2.55. The molecule has 0 aromatic heterocycles. The highest BCUT2D eigenvalue weighted by atomic mass is 15.1. The molecule has 3 unspecified atom stereocenters. The molecule has 0 amide bonds. The summed E-state index contributed by atoms with van der Waals surface area (Å²) in [6.45, 7) is 7.38. The van der Waals surface area contributed by atoms with Crippen LogP contribution >= 0.6 is 0 Å².